The predicted octanol–water partition coefficient (Wildman–Crippen LogP) is 0.629. The van der Waals surface area contributed by atoms with Crippen molar-refractivity contribution < 1.29 is 9.90 Å². The van der Waals surface area contributed by atoms with Crippen LogP contribution in [0.25, 0.3) is 0 Å². The molecule has 0 bridgehead atoms. The summed E-state index contributed by atoms with van der Waals surface area (Å²) in [6.45, 7) is 1.08. The van der Waals surface area contributed by atoms with Gasteiger partial charge in [-0.1, -0.05) is 30.3 Å². The summed E-state index contributed by atoms with van der Waals surface area (Å²) in [7, 11) is 0. The average molecular weight is 350 g/mol. The highest BCUT2D eigenvalue weighted by Gasteiger charge is 2.23. The van der Waals surface area contributed by atoms with Crippen molar-refractivity contribution in [3.63, 3.8) is 0 Å². The van der Waals surface area contributed by atoms with Gasteiger partial charge in [0, 0.05) is 12.6 Å². The predicted molar refractivity (Wildman–Crippen MR) is 92.7 cm³/mol. The first-order chi connectivity index (χ1) is 9.66. The number of halogens is 2. The number of aliphatic hydroxyl groups is 1. The molecule has 5 nitrogen and oxygen atoms in total. The van der Waals surface area contributed by atoms with Crippen molar-refractivity contribution in [1.29, 1.82) is 0 Å². The molecule has 3 atom stereocenters. The number of hydrogen-bond acceptors (Lipinski definition) is 4. The lowest BCUT2D eigenvalue weighted by Gasteiger charge is -2.20. The average Bonchev–Trinajstić information content (AvgIpc) is 2.99. The van der Waals surface area contributed by atoms with Gasteiger partial charge in [-0.05, 0) is 31.4 Å². The molecule has 0 aromatic heterocycles. The lowest BCUT2D eigenvalue weighted by atomic mass is 10.0. The third-order valence-corrected chi connectivity index (χ3v) is 3.67. The summed E-state index contributed by atoms with van der Waals surface area (Å²) in [5.74, 6) is -0.0477. The molecule has 22 heavy (non-hydrogen) atoms. The molecule has 1 aromatic rings. The maximum atomic E-state index is 11.8. The molecule has 0 radical (unpaired) electrons. The van der Waals surface area contributed by atoms with Crippen LogP contribution in [0, 0.1) is 0 Å². The van der Waals surface area contributed by atoms with E-state index in [1.807, 2.05) is 30.3 Å². The number of aliphatic hydroxyl groups excluding tert-OH is 1. The number of nitrogens with two attached hydrogens (primary N) is 1. The van der Waals surface area contributed by atoms with Gasteiger partial charge >= 0.3 is 0 Å². The number of rotatable bonds is 6. The molecule has 1 heterocycles. The van der Waals surface area contributed by atoms with E-state index in [0.29, 0.717) is 6.42 Å². The Labute approximate surface area is 143 Å². The van der Waals surface area contributed by atoms with Crippen molar-refractivity contribution in [3.05, 3.63) is 35.9 Å². The van der Waals surface area contributed by atoms with Crippen molar-refractivity contribution >= 4 is 30.7 Å². The molecule has 2 rings (SSSR count). The molecular weight excluding hydrogens is 325 g/mol. The van der Waals surface area contributed by atoms with E-state index in [1.54, 1.807) is 0 Å². The normalized spacial score (nSPS) is 19.5. The van der Waals surface area contributed by atoms with E-state index in [2.05, 4.69) is 10.6 Å². The molecular formula is C15H25Cl2N3O2. The Bertz CT molecular complexity index is 428. The number of carbonyl (C=O) groups excluding carboxylic acids is 1. The van der Waals surface area contributed by atoms with Crippen molar-refractivity contribution in [2.45, 2.75) is 37.5 Å². The van der Waals surface area contributed by atoms with Crippen LogP contribution >= 0.6 is 24.8 Å². The maximum Gasteiger partial charge on any atom is 0.237 e. The number of nitrogens with one attached hydrogen (secondary N) is 2. The Morgan fingerprint density at radius 2 is 2.05 bits per heavy atom. The summed E-state index contributed by atoms with van der Waals surface area (Å²) in [5.41, 5.74) is 7.06. The van der Waals surface area contributed by atoms with Crippen molar-refractivity contribution in [3.8, 4) is 0 Å². The summed E-state index contributed by atoms with van der Waals surface area (Å²) < 4.78 is 0. The van der Waals surface area contributed by atoms with Gasteiger partial charge in [-0.3, -0.25) is 4.79 Å². The van der Waals surface area contributed by atoms with Crippen LogP contribution in [0.4, 0.5) is 0 Å². The van der Waals surface area contributed by atoms with Gasteiger partial charge < -0.3 is 21.5 Å². The minimum absolute atomic E-state index is 0. The molecule has 1 aliphatic heterocycles. The summed E-state index contributed by atoms with van der Waals surface area (Å²) in [6, 6.07) is 9.30. The molecule has 0 spiro atoms. The fraction of sp³-hybridized carbons (Fsp3) is 0.533. The van der Waals surface area contributed by atoms with E-state index in [0.717, 1.165) is 24.9 Å². The van der Waals surface area contributed by atoms with Gasteiger partial charge in [-0.25, -0.2) is 0 Å². The zero-order valence-corrected chi connectivity index (χ0v) is 14.0. The first kappa shape index (κ1) is 21.1. The molecule has 1 aromatic carbocycles. The quantitative estimate of drug-likeness (QED) is 0.606. The first-order valence-electron chi connectivity index (χ1n) is 7.15. The Morgan fingerprint density at radius 1 is 1.36 bits per heavy atom. The van der Waals surface area contributed by atoms with E-state index in [4.69, 9.17) is 5.73 Å². The molecule has 5 N–H and O–H groups in total. The van der Waals surface area contributed by atoms with Crippen LogP contribution in [-0.4, -0.2) is 42.3 Å². The smallest absolute Gasteiger partial charge is 0.237 e. The largest absolute Gasteiger partial charge is 0.390 e. The fourth-order valence-corrected chi connectivity index (χ4v) is 2.41. The number of hydrogen-bond donors (Lipinski definition) is 4. The van der Waals surface area contributed by atoms with Gasteiger partial charge in [0.15, 0.2) is 0 Å². The van der Waals surface area contributed by atoms with Crippen molar-refractivity contribution in [1.82, 2.24) is 10.6 Å². The second-order valence-electron chi connectivity index (χ2n) is 5.32. The van der Waals surface area contributed by atoms with Gasteiger partial charge in [0.25, 0.3) is 0 Å². The van der Waals surface area contributed by atoms with E-state index in [-0.39, 0.29) is 49.3 Å². The Hall–Kier alpha value is -0.850. The SMILES string of the molecule is Cl.Cl.N[C@H](Cc1ccccc1)[C@@H](O)CNC(=O)[C@@H]1CCCN1. The maximum absolute atomic E-state index is 11.8. The van der Waals surface area contributed by atoms with Gasteiger partial charge in [0.2, 0.25) is 5.91 Å². The van der Waals surface area contributed by atoms with Gasteiger partial charge in [-0.15, -0.1) is 24.8 Å². The van der Waals surface area contributed by atoms with Gasteiger partial charge in [0.1, 0.15) is 0 Å². The monoisotopic (exact) mass is 349 g/mol. The highest BCUT2D eigenvalue weighted by Crippen LogP contribution is 2.06. The Morgan fingerprint density at radius 3 is 2.64 bits per heavy atom. The first-order valence-corrected chi connectivity index (χ1v) is 7.15. The summed E-state index contributed by atoms with van der Waals surface area (Å²) in [5, 5.41) is 15.9. The standard InChI is InChI=1S/C15H23N3O2.2ClH/c16-12(9-11-5-2-1-3-6-11)14(19)10-18-15(20)13-7-4-8-17-13;;/h1-3,5-6,12-14,17,19H,4,7-10,16H2,(H,18,20);2*1H/t12-,13+,14+;;/m1../s1. The Balaban J connectivity index is 0.00000220. The molecule has 1 amide bonds. The van der Waals surface area contributed by atoms with Crippen LogP contribution in [-0.2, 0) is 11.2 Å². The minimum atomic E-state index is -0.736. The van der Waals surface area contributed by atoms with E-state index >= 15 is 0 Å². The topological polar surface area (TPSA) is 87.4 Å². The lowest BCUT2D eigenvalue weighted by Crippen LogP contribution is -2.48. The van der Waals surface area contributed by atoms with Crippen molar-refractivity contribution in [2.75, 3.05) is 13.1 Å². The number of amides is 1. The molecule has 1 aliphatic rings. The van der Waals surface area contributed by atoms with Gasteiger partial charge in [-0.2, -0.15) is 0 Å². The molecule has 7 heteroatoms. The minimum Gasteiger partial charge on any atom is -0.390 e. The third-order valence-electron chi connectivity index (χ3n) is 3.67. The van der Waals surface area contributed by atoms with E-state index in [9.17, 15) is 9.90 Å². The number of carbonyl (C=O) groups is 1. The highest BCUT2D eigenvalue weighted by atomic mass is 35.5. The zero-order valence-electron chi connectivity index (χ0n) is 12.4. The molecule has 0 saturated carbocycles. The molecule has 1 saturated heterocycles. The zero-order chi connectivity index (χ0) is 14.4. The Kier molecular flexibility index (Phi) is 10.4. The van der Waals surface area contributed by atoms with Crippen LogP contribution in [0.2, 0.25) is 0 Å². The summed E-state index contributed by atoms with van der Waals surface area (Å²) in [6.07, 6.45) is 1.74. The third kappa shape index (κ3) is 6.50. The van der Waals surface area contributed by atoms with Crippen LogP contribution in [0.15, 0.2) is 30.3 Å². The molecule has 1 fully saturated rings. The summed E-state index contributed by atoms with van der Waals surface area (Å²) >= 11 is 0. The second kappa shape index (κ2) is 10.8. The van der Waals surface area contributed by atoms with E-state index in [1.165, 1.54) is 0 Å². The molecule has 0 unspecified atom stereocenters. The van der Waals surface area contributed by atoms with Crippen molar-refractivity contribution in [2.24, 2.45) is 5.73 Å². The van der Waals surface area contributed by atoms with Gasteiger partial charge in [0.05, 0.1) is 12.1 Å². The van der Waals surface area contributed by atoms with Crippen LogP contribution in [0.5, 0.6) is 0 Å². The van der Waals surface area contributed by atoms with Crippen LogP contribution in [0.3, 0.4) is 0 Å². The highest BCUT2D eigenvalue weighted by molar-refractivity contribution is 5.85. The fourth-order valence-electron chi connectivity index (χ4n) is 2.41. The van der Waals surface area contributed by atoms with Crippen LogP contribution in [0.1, 0.15) is 18.4 Å². The summed E-state index contributed by atoms with van der Waals surface area (Å²) in [4.78, 5) is 11.8. The number of benzene rings is 1. The second-order valence-corrected chi connectivity index (χ2v) is 5.32. The van der Waals surface area contributed by atoms with E-state index < -0.39 is 6.10 Å². The van der Waals surface area contributed by atoms with Crippen LogP contribution < -0.4 is 16.4 Å². The lowest BCUT2D eigenvalue weighted by molar-refractivity contribution is -0.123. The molecule has 0 aliphatic carbocycles. The molecule has 126 valence electrons.